The number of carbonyl (C=O) groups is 1. The summed E-state index contributed by atoms with van der Waals surface area (Å²) < 4.78 is 5.53. The molecule has 1 aromatic carbocycles. The minimum Gasteiger partial charge on any atom is -0.444 e. The second kappa shape index (κ2) is 6.79. The molecular weight excluding hydrogens is 314 g/mol. The number of nitrogens with one attached hydrogen (secondary N) is 1. The van der Waals surface area contributed by atoms with Crippen LogP contribution in [0.1, 0.15) is 51.3 Å². The van der Waals surface area contributed by atoms with Crippen LogP contribution in [0.2, 0.25) is 0 Å². The molecule has 1 saturated heterocycles. The molecule has 2 heterocycles. The summed E-state index contributed by atoms with van der Waals surface area (Å²) in [4.78, 5) is 17.6. The summed E-state index contributed by atoms with van der Waals surface area (Å²) in [7, 11) is 0. The fourth-order valence-corrected chi connectivity index (χ4v) is 3.41. The van der Waals surface area contributed by atoms with Crippen LogP contribution < -0.4 is 0 Å². The molecule has 1 fully saturated rings. The maximum absolute atomic E-state index is 12.4. The van der Waals surface area contributed by atoms with Crippen LogP contribution in [-0.4, -0.2) is 34.2 Å². The second-order valence-electron chi connectivity index (χ2n) is 7.72. The van der Waals surface area contributed by atoms with Crippen LogP contribution in [0.4, 0.5) is 4.79 Å². The van der Waals surface area contributed by atoms with E-state index in [9.17, 15) is 4.79 Å². The summed E-state index contributed by atoms with van der Waals surface area (Å²) in [6.45, 7) is 6.47. The standard InChI is InChI=1S/C20H25N3O2/c1-20(2,3)25-19(24)23-10-4-5-17(23)9-8-16-12-15-7-6-14(13-21)11-18(15)22-16/h6-7,11-12,17,22H,4-5,8-10H2,1-3H3/t17-/m0/s1. The van der Waals surface area contributed by atoms with E-state index in [1.807, 2.05) is 43.9 Å². The van der Waals surface area contributed by atoms with E-state index in [0.29, 0.717) is 5.56 Å². The van der Waals surface area contributed by atoms with Crippen LogP contribution in [0.15, 0.2) is 24.3 Å². The largest absolute Gasteiger partial charge is 0.444 e. The van der Waals surface area contributed by atoms with E-state index in [0.717, 1.165) is 48.8 Å². The fourth-order valence-electron chi connectivity index (χ4n) is 3.41. The Balaban J connectivity index is 1.64. The number of nitrogens with zero attached hydrogens (tertiary/aromatic N) is 2. The van der Waals surface area contributed by atoms with Crippen molar-refractivity contribution in [2.24, 2.45) is 0 Å². The highest BCUT2D eigenvalue weighted by Crippen LogP contribution is 2.25. The van der Waals surface area contributed by atoms with Gasteiger partial charge < -0.3 is 14.6 Å². The Labute approximate surface area is 148 Å². The quantitative estimate of drug-likeness (QED) is 0.902. The lowest BCUT2D eigenvalue weighted by Crippen LogP contribution is -2.40. The SMILES string of the molecule is CC(C)(C)OC(=O)N1CCC[C@H]1CCc1cc2ccc(C#N)cc2[nH]1. The fraction of sp³-hybridized carbons (Fsp3) is 0.500. The van der Waals surface area contributed by atoms with Crippen molar-refractivity contribution in [2.75, 3.05) is 6.54 Å². The molecule has 132 valence electrons. The predicted octanol–water partition coefficient (Wildman–Crippen LogP) is 4.37. The predicted molar refractivity (Wildman–Crippen MR) is 97.3 cm³/mol. The number of ether oxygens (including phenoxy) is 1. The molecular formula is C20H25N3O2. The molecule has 25 heavy (non-hydrogen) atoms. The van der Waals surface area contributed by atoms with Gasteiger partial charge in [-0.05, 0) is 70.0 Å². The first-order chi connectivity index (χ1) is 11.9. The highest BCUT2D eigenvalue weighted by Gasteiger charge is 2.31. The Morgan fingerprint density at radius 1 is 1.40 bits per heavy atom. The van der Waals surface area contributed by atoms with E-state index in [-0.39, 0.29) is 12.1 Å². The van der Waals surface area contributed by atoms with Gasteiger partial charge in [0.15, 0.2) is 0 Å². The Morgan fingerprint density at radius 2 is 2.20 bits per heavy atom. The average Bonchev–Trinajstić information content (AvgIpc) is 3.16. The average molecular weight is 339 g/mol. The number of nitriles is 1. The number of hydrogen-bond acceptors (Lipinski definition) is 3. The maximum Gasteiger partial charge on any atom is 0.410 e. The molecule has 1 aromatic heterocycles. The van der Waals surface area contributed by atoms with Crippen LogP contribution in [0.25, 0.3) is 10.9 Å². The zero-order chi connectivity index (χ0) is 18.0. The number of carbonyl (C=O) groups excluding carboxylic acids is 1. The molecule has 1 aliphatic heterocycles. The molecule has 0 spiro atoms. The molecule has 5 nitrogen and oxygen atoms in total. The van der Waals surface area contributed by atoms with Gasteiger partial charge in [0.1, 0.15) is 5.60 Å². The molecule has 0 saturated carbocycles. The van der Waals surface area contributed by atoms with Crippen molar-refractivity contribution >= 4 is 17.0 Å². The molecule has 1 atom stereocenters. The number of aromatic amines is 1. The van der Waals surface area contributed by atoms with E-state index in [2.05, 4.69) is 17.1 Å². The number of H-pyrrole nitrogens is 1. The first-order valence-corrected chi connectivity index (χ1v) is 8.87. The number of likely N-dealkylation sites (tertiary alicyclic amines) is 1. The van der Waals surface area contributed by atoms with Crippen LogP contribution in [-0.2, 0) is 11.2 Å². The minimum atomic E-state index is -0.458. The molecule has 0 aliphatic carbocycles. The van der Waals surface area contributed by atoms with Crippen molar-refractivity contribution in [1.82, 2.24) is 9.88 Å². The number of hydrogen-bond donors (Lipinski definition) is 1. The van der Waals surface area contributed by atoms with E-state index in [4.69, 9.17) is 10.00 Å². The zero-order valence-electron chi connectivity index (χ0n) is 15.1. The van der Waals surface area contributed by atoms with Gasteiger partial charge in [0.2, 0.25) is 0 Å². The number of aromatic nitrogens is 1. The number of amides is 1. The van der Waals surface area contributed by atoms with Gasteiger partial charge in [-0.3, -0.25) is 0 Å². The van der Waals surface area contributed by atoms with Crippen molar-refractivity contribution in [3.05, 3.63) is 35.5 Å². The van der Waals surface area contributed by atoms with Crippen molar-refractivity contribution in [3.63, 3.8) is 0 Å². The van der Waals surface area contributed by atoms with Crippen LogP contribution in [0.3, 0.4) is 0 Å². The molecule has 3 rings (SSSR count). The van der Waals surface area contributed by atoms with Crippen molar-refractivity contribution < 1.29 is 9.53 Å². The lowest BCUT2D eigenvalue weighted by molar-refractivity contribution is 0.0220. The molecule has 0 bridgehead atoms. The monoisotopic (exact) mass is 339 g/mol. The van der Waals surface area contributed by atoms with E-state index < -0.39 is 5.60 Å². The number of benzene rings is 1. The lowest BCUT2D eigenvalue weighted by Gasteiger charge is -2.28. The molecule has 0 unspecified atom stereocenters. The van der Waals surface area contributed by atoms with Gasteiger partial charge in [-0.25, -0.2) is 4.79 Å². The number of aryl methyl sites for hydroxylation is 1. The Kier molecular flexibility index (Phi) is 4.71. The highest BCUT2D eigenvalue weighted by atomic mass is 16.6. The summed E-state index contributed by atoms with van der Waals surface area (Å²) in [6, 6.07) is 10.2. The van der Waals surface area contributed by atoms with Gasteiger partial charge in [-0.1, -0.05) is 6.07 Å². The Bertz CT molecular complexity index is 810. The normalized spacial score (nSPS) is 17.7. The summed E-state index contributed by atoms with van der Waals surface area (Å²) in [5, 5.41) is 10.1. The summed E-state index contributed by atoms with van der Waals surface area (Å²) in [6.07, 6.45) is 3.64. The number of fused-ring (bicyclic) bond motifs is 1. The minimum absolute atomic E-state index is 0.203. The van der Waals surface area contributed by atoms with Gasteiger partial charge in [0.25, 0.3) is 0 Å². The Hall–Kier alpha value is -2.48. The van der Waals surface area contributed by atoms with Gasteiger partial charge in [0, 0.05) is 23.8 Å². The summed E-state index contributed by atoms with van der Waals surface area (Å²) in [5.74, 6) is 0. The Morgan fingerprint density at radius 3 is 2.92 bits per heavy atom. The third-order valence-corrected chi connectivity index (χ3v) is 4.56. The van der Waals surface area contributed by atoms with Crippen LogP contribution >= 0.6 is 0 Å². The molecule has 1 N–H and O–H groups in total. The maximum atomic E-state index is 12.4. The van der Waals surface area contributed by atoms with E-state index in [1.165, 1.54) is 0 Å². The van der Waals surface area contributed by atoms with Crippen LogP contribution in [0, 0.1) is 11.3 Å². The highest BCUT2D eigenvalue weighted by molar-refractivity contribution is 5.81. The zero-order valence-corrected chi connectivity index (χ0v) is 15.1. The van der Waals surface area contributed by atoms with Gasteiger partial charge >= 0.3 is 6.09 Å². The molecule has 1 aliphatic rings. The molecule has 2 aromatic rings. The van der Waals surface area contributed by atoms with Crippen molar-refractivity contribution in [3.8, 4) is 6.07 Å². The van der Waals surface area contributed by atoms with E-state index >= 15 is 0 Å². The molecule has 1 amide bonds. The van der Waals surface area contributed by atoms with Crippen molar-refractivity contribution in [2.45, 2.75) is 58.1 Å². The molecule has 5 heteroatoms. The van der Waals surface area contributed by atoms with Gasteiger partial charge in [0.05, 0.1) is 11.6 Å². The van der Waals surface area contributed by atoms with Crippen molar-refractivity contribution in [1.29, 1.82) is 5.26 Å². The topological polar surface area (TPSA) is 69.1 Å². The number of rotatable bonds is 3. The summed E-state index contributed by atoms with van der Waals surface area (Å²) >= 11 is 0. The third kappa shape index (κ3) is 4.14. The van der Waals surface area contributed by atoms with E-state index in [1.54, 1.807) is 0 Å². The first-order valence-electron chi connectivity index (χ1n) is 8.87. The summed E-state index contributed by atoms with van der Waals surface area (Å²) in [5.41, 5.74) is 2.33. The van der Waals surface area contributed by atoms with Gasteiger partial charge in [-0.15, -0.1) is 0 Å². The first kappa shape index (κ1) is 17.3. The molecule has 0 radical (unpaired) electrons. The smallest absolute Gasteiger partial charge is 0.410 e. The lowest BCUT2D eigenvalue weighted by atomic mass is 10.1. The second-order valence-corrected chi connectivity index (χ2v) is 7.72. The van der Waals surface area contributed by atoms with Gasteiger partial charge in [-0.2, -0.15) is 5.26 Å². The third-order valence-electron chi connectivity index (χ3n) is 4.56. The van der Waals surface area contributed by atoms with Crippen LogP contribution in [0.5, 0.6) is 0 Å².